The molecule has 1 aromatic rings. The van der Waals surface area contributed by atoms with Gasteiger partial charge < -0.3 is 0 Å². The van der Waals surface area contributed by atoms with Gasteiger partial charge >= 0.3 is 0 Å². The average Bonchev–Trinajstić information content (AvgIpc) is 2.16. The molecule has 1 rings (SSSR count). The van der Waals surface area contributed by atoms with Crippen LogP contribution < -0.4 is 0 Å². The molecule has 0 fully saturated rings. The van der Waals surface area contributed by atoms with Gasteiger partial charge in [-0.3, -0.25) is 4.79 Å². The van der Waals surface area contributed by atoms with Gasteiger partial charge in [-0.25, -0.2) is 9.97 Å². The Bertz CT molecular complexity index is 359. The summed E-state index contributed by atoms with van der Waals surface area (Å²) < 4.78 is 0. The predicted molar refractivity (Wildman–Crippen MR) is 59.9 cm³/mol. The van der Waals surface area contributed by atoms with Crippen molar-refractivity contribution >= 4 is 5.78 Å². The van der Waals surface area contributed by atoms with E-state index in [9.17, 15) is 4.79 Å². The Hall–Kier alpha value is -1.25. The van der Waals surface area contributed by atoms with E-state index < -0.39 is 0 Å². The number of rotatable bonds is 4. The van der Waals surface area contributed by atoms with Crippen LogP contribution >= 0.6 is 0 Å². The molecular formula is C12H18N2O. The fourth-order valence-electron chi connectivity index (χ4n) is 1.33. The number of hydrogen-bond acceptors (Lipinski definition) is 3. The van der Waals surface area contributed by atoms with Gasteiger partial charge in [-0.15, -0.1) is 0 Å². The monoisotopic (exact) mass is 206 g/mol. The molecule has 0 radical (unpaired) electrons. The predicted octanol–water partition coefficient (Wildman–Crippen LogP) is 2.43. The van der Waals surface area contributed by atoms with E-state index in [1.54, 1.807) is 0 Å². The molecule has 0 atom stereocenters. The lowest BCUT2D eigenvalue weighted by molar-refractivity contribution is -0.118. The second kappa shape index (κ2) is 5.01. The lowest BCUT2D eigenvalue weighted by Gasteiger charge is -2.07. The number of hydrogen-bond donors (Lipinski definition) is 0. The van der Waals surface area contributed by atoms with E-state index >= 15 is 0 Å². The molecule has 0 amide bonds. The minimum Gasteiger partial charge on any atom is -0.299 e. The molecule has 0 aliphatic rings. The third-order valence-corrected chi connectivity index (χ3v) is 2.21. The van der Waals surface area contributed by atoms with Gasteiger partial charge in [-0.1, -0.05) is 20.8 Å². The third kappa shape index (κ3) is 3.42. The Kier molecular flexibility index (Phi) is 3.95. The van der Waals surface area contributed by atoms with E-state index in [2.05, 4.69) is 23.8 Å². The summed E-state index contributed by atoms with van der Waals surface area (Å²) in [6.07, 6.45) is 1.000. The van der Waals surface area contributed by atoms with Crippen molar-refractivity contribution < 1.29 is 4.79 Å². The minimum absolute atomic E-state index is 0.225. The highest BCUT2D eigenvalue weighted by molar-refractivity contribution is 5.80. The van der Waals surface area contributed by atoms with Crippen LogP contribution in [0.15, 0.2) is 6.07 Å². The van der Waals surface area contributed by atoms with Crippen molar-refractivity contribution in [1.82, 2.24) is 9.97 Å². The molecule has 0 aliphatic heterocycles. The van der Waals surface area contributed by atoms with Crippen LogP contribution in [0.5, 0.6) is 0 Å². The number of aromatic nitrogens is 2. The lowest BCUT2D eigenvalue weighted by atomic mass is 10.1. The fourth-order valence-corrected chi connectivity index (χ4v) is 1.33. The van der Waals surface area contributed by atoms with Crippen molar-refractivity contribution in [2.75, 3.05) is 0 Å². The van der Waals surface area contributed by atoms with Gasteiger partial charge in [0.2, 0.25) is 0 Å². The highest BCUT2D eigenvalue weighted by atomic mass is 16.1. The molecular weight excluding hydrogens is 188 g/mol. The van der Waals surface area contributed by atoms with Crippen LogP contribution in [0.2, 0.25) is 0 Å². The lowest BCUT2D eigenvalue weighted by Crippen LogP contribution is -2.07. The highest BCUT2D eigenvalue weighted by Crippen LogP contribution is 2.11. The minimum atomic E-state index is 0.225. The van der Waals surface area contributed by atoms with Crippen LogP contribution in [0.25, 0.3) is 0 Å². The molecule has 0 saturated heterocycles. The first-order valence-corrected chi connectivity index (χ1v) is 5.39. The van der Waals surface area contributed by atoms with Gasteiger partial charge in [0.05, 0.1) is 5.69 Å². The van der Waals surface area contributed by atoms with Gasteiger partial charge in [-0.2, -0.15) is 0 Å². The normalized spacial score (nSPS) is 10.7. The maximum atomic E-state index is 11.3. The van der Waals surface area contributed by atoms with E-state index in [0.29, 0.717) is 18.8 Å². The Labute approximate surface area is 91.0 Å². The molecule has 0 spiro atoms. The van der Waals surface area contributed by atoms with E-state index in [0.717, 1.165) is 17.2 Å². The molecule has 0 saturated carbocycles. The summed E-state index contributed by atoms with van der Waals surface area (Å²) in [4.78, 5) is 20.0. The van der Waals surface area contributed by atoms with Crippen molar-refractivity contribution in [1.29, 1.82) is 0 Å². The number of Topliss-reactive ketones (excluding diaryl/α,β-unsaturated/α-hetero) is 1. The summed E-state index contributed by atoms with van der Waals surface area (Å²) in [7, 11) is 0. The molecule has 1 aromatic heterocycles. The van der Waals surface area contributed by atoms with E-state index in [4.69, 9.17) is 0 Å². The molecule has 0 N–H and O–H groups in total. The number of nitrogens with zero attached hydrogens (tertiary/aromatic N) is 2. The number of ketones is 1. The quantitative estimate of drug-likeness (QED) is 0.759. The van der Waals surface area contributed by atoms with Gasteiger partial charge in [-0.05, 0) is 13.0 Å². The van der Waals surface area contributed by atoms with Crippen LogP contribution in [0.1, 0.15) is 50.3 Å². The summed E-state index contributed by atoms with van der Waals surface area (Å²) in [5, 5.41) is 0. The number of carbonyl (C=O) groups is 1. The number of carbonyl (C=O) groups excluding carboxylic acids is 1. The third-order valence-electron chi connectivity index (χ3n) is 2.21. The first-order chi connectivity index (χ1) is 7.02. The van der Waals surface area contributed by atoms with Crippen molar-refractivity contribution in [3.8, 4) is 0 Å². The van der Waals surface area contributed by atoms with Crippen LogP contribution in [0, 0.1) is 6.92 Å². The zero-order valence-electron chi connectivity index (χ0n) is 9.87. The summed E-state index contributed by atoms with van der Waals surface area (Å²) in [6.45, 7) is 7.92. The highest BCUT2D eigenvalue weighted by Gasteiger charge is 2.08. The Balaban J connectivity index is 2.93. The van der Waals surface area contributed by atoms with E-state index in [1.165, 1.54) is 0 Å². The van der Waals surface area contributed by atoms with E-state index in [-0.39, 0.29) is 5.78 Å². The Morgan fingerprint density at radius 1 is 1.40 bits per heavy atom. The van der Waals surface area contributed by atoms with Crippen LogP contribution in [-0.2, 0) is 11.2 Å². The molecule has 0 unspecified atom stereocenters. The number of aryl methyl sites for hydroxylation is 1. The van der Waals surface area contributed by atoms with Crippen molar-refractivity contribution in [3.05, 3.63) is 23.3 Å². The standard InChI is InChI=1S/C12H18N2O/c1-5-11(15)7-10-6-9(4)13-12(14-10)8(2)3/h6,8H,5,7H2,1-4H3. The van der Waals surface area contributed by atoms with Crippen molar-refractivity contribution in [3.63, 3.8) is 0 Å². The Morgan fingerprint density at radius 3 is 2.60 bits per heavy atom. The van der Waals surface area contributed by atoms with Crippen molar-refractivity contribution in [2.45, 2.75) is 46.5 Å². The summed E-state index contributed by atoms with van der Waals surface area (Å²) in [5.41, 5.74) is 1.78. The largest absolute Gasteiger partial charge is 0.299 e. The zero-order valence-corrected chi connectivity index (χ0v) is 9.87. The Morgan fingerprint density at radius 2 is 2.07 bits per heavy atom. The average molecular weight is 206 g/mol. The molecule has 3 nitrogen and oxygen atoms in total. The van der Waals surface area contributed by atoms with Gasteiger partial charge in [0.25, 0.3) is 0 Å². The molecule has 0 aromatic carbocycles. The van der Waals surface area contributed by atoms with Gasteiger partial charge in [0, 0.05) is 24.5 Å². The maximum Gasteiger partial charge on any atom is 0.138 e. The molecule has 0 aliphatic carbocycles. The van der Waals surface area contributed by atoms with Gasteiger partial charge in [0.15, 0.2) is 0 Å². The summed E-state index contributed by atoms with van der Waals surface area (Å²) in [5.74, 6) is 1.36. The van der Waals surface area contributed by atoms with Gasteiger partial charge in [0.1, 0.15) is 11.6 Å². The topological polar surface area (TPSA) is 42.9 Å². The van der Waals surface area contributed by atoms with Crippen molar-refractivity contribution in [2.24, 2.45) is 0 Å². The molecule has 82 valence electrons. The second-order valence-electron chi connectivity index (χ2n) is 4.08. The SMILES string of the molecule is CCC(=O)Cc1cc(C)nc(C(C)C)n1. The second-order valence-corrected chi connectivity index (χ2v) is 4.08. The first-order valence-electron chi connectivity index (χ1n) is 5.39. The fraction of sp³-hybridized carbons (Fsp3) is 0.583. The van der Waals surface area contributed by atoms with Crippen LogP contribution in [0.3, 0.4) is 0 Å². The maximum absolute atomic E-state index is 11.3. The zero-order chi connectivity index (χ0) is 11.4. The van der Waals surface area contributed by atoms with Crippen LogP contribution in [0.4, 0.5) is 0 Å². The van der Waals surface area contributed by atoms with E-state index in [1.807, 2.05) is 19.9 Å². The van der Waals surface area contributed by atoms with Crippen LogP contribution in [-0.4, -0.2) is 15.8 Å². The smallest absolute Gasteiger partial charge is 0.138 e. The molecule has 15 heavy (non-hydrogen) atoms. The first kappa shape index (κ1) is 11.8. The molecule has 3 heteroatoms. The molecule has 0 bridgehead atoms. The summed E-state index contributed by atoms with van der Waals surface area (Å²) in [6, 6.07) is 1.89. The summed E-state index contributed by atoms with van der Waals surface area (Å²) >= 11 is 0. The molecule has 1 heterocycles.